The van der Waals surface area contributed by atoms with Crippen LogP contribution in [0, 0.1) is 5.82 Å². The molecule has 182 valence electrons. The van der Waals surface area contributed by atoms with Gasteiger partial charge in [0.2, 0.25) is 0 Å². The number of nitrogens with zero attached hydrogens (tertiary/aromatic N) is 2. The number of methoxy groups -OCH3 is 2. The molecular weight excluding hydrogens is 467 g/mol. The lowest BCUT2D eigenvalue weighted by Crippen LogP contribution is -2.01. The average molecular weight is 488 g/mol. The number of carbonyl (C=O) groups is 3. The molecule has 0 saturated carbocycles. The fourth-order valence-corrected chi connectivity index (χ4v) is 3.89. The third kappa shape index (κ3) is 4.54. The number of halogens is 1. The summed E-state index contributed by atoms with van der Waals surface area (Å²) in [6.45, 7) is 0. The fourth-order valence-electron chi connectivity index (χ4n) is 3.89. The van der Waals surface area contributed by atoms with E-state index in [1.54, 1.807) is 34.9 Å². The molecule has 0 aliphatic carbocycles. The minimum absolute atomic E-state index is 0.0499. The number of carboxylic acids is 1. The van der Waals surface area contributed by atoms with Crippen LogP contribution in [0.2, 0.25) is 0 Å². The van der Waals surface area contributed by atoms with Gasteiger partial charge in [0.05, 0.1) is 47.6 Å². The number of pyridine rings is 2. The number of benzene rings is 1. The van der Waals surface area contributed by atoms with Gasteiger partial charge in [0.15, 0.2) is 0 Å². The Labute approximate surface area is 204 Å². The summed E-state index contributed by atoms with van der Waals surface area (Å²) in [4.78, 5) is 34.6. The first-order valence-electron chi connectivity index (χ1n) is 10.7. The summed E-state index contributed by atoms with van der Waals surface area (Å²) >= 11 is 0. The molecule has 0 radical (unpaired) electrons. The molecule has 9 heteroatoms. The normalized spacial score (nSPS) is 10.5. The molecule has 36 heavy (non-hydrogen) atoms. The Morgan fingerprint density at radius 1 is 0.750 bits per heavy atom. The quantitative estimate of drug-likeness (QED) is 0.359. The Hall–Kier alpha value is -4.92. The summed E-state index contributed by atoms with van der Waals surface area (Å²) in [5, 5.41) is 9.33. The van der Waals surface area contributed by atoms with E-state index in [0.717, 1.165) is 17.6 Å². The van der Waals surface area contributed by atoms with Gasteiger partial charge in [-0.15, -0.1) is 0 Å². The van der Waals surface area contributed by atoms with Crippen molar-refractivity contribution in [1.82, 2.24) is 8.80 Å². The molecular formula is C27H21FN2O6. The van der Waals surface area contributed by atoms with Gasteiger partial charge >= 0.3 is 17.9 Å². The first-order chi connectivity index (χ1) is 17.3. The largest absolute Gasteiger partial charge is 0.478 e. The van der Waals surface area contributed by atoms with Crippen molar-refractivity contribution in [1.29, 1.82) is 0 Å². The third-order valence-corrected chi connectivity index (χ3v) is 5.54. The second-order valence-electron chi connectivity index (χ2n) is 7.60. The number of carbonyl (C=O) groups excluding carboxylic acids is 2. The smallest absolute Gasteiger partial charge is 0.340 e. The van der Waals surface area contributed by atoms with Crippen molar-refractivity contribution in [2.75, 3.05) is 14.2 Å². The molecule has 1 aromatic carbocycles. The minimum atomic E-state index is -1.18. The second kappa shape index (κ2) is 10.1. The van der Waals surface area contributed by atoms with E-state index in [1.807, 2.05) is 35.0 Å². The van der Waals surface area contributed by atoms with E-state index in [4.69, 9.17) is 4.74 Å². The monoisotopic (exact) mass is 488 g/mol. The maximum atomic E-state index is 13.6. The molecule has 0 atom stereocenters. The number of carboxylic acid groups (broad SMARTS) is 1. The van der Waals surface area contributed by atoms with Crippen molar-refractivity contribution in [2.45, 2.75) is 0 Å². The van der Waals surface area contributed by atoms with Gasteiger partial charge in [-0.05, 0) is 54.6 Å². The molecule has 0 unspecified atom stereocenters. The average Bonchev–Trinajstić information content (AvgIpc) is 3.50. The van der Waals surface area contributed by atoms with Crippen LogP contribution in [0.3, 0.4) is 0 Å². The van der Waals surface area contributed by atoms with Crippen LogP contribution in [0.5, 0.6) is 0 Å². The first kappa shape index (κ1) is 24.2. The number of rotatable bonds is 4. The molecule has 0 amide bonds. The van der Waals surface area contributed by atoms with Gasteiger partial charge in [-0.2, -0.15) is 0 Å². The van der Waals surface area contributed by atoms with E-state index in [0.29, 0.717) is 16.8 Å². The molecule has 8 nitrogen and oxygen atoms in total. The molecule has 1 N–H and O–H groups in total. The standard InChI is InChI=1S/C17H12FNO4.C10H9NO2/c1-23-17(22)13-9-15(19-7-3-2-4-14(13)19)12-8-10(18)5-6-11(12)16(20)21;1-13-10(12)8-5-7-11-6-3-2-4-9(8)11/h2-9H,1H3,(H,20,21);2-7H,1H3. The topological polar surface area (TPSA) is 98.7 Å². The summed E-state index contributed by atoms with van der Waals surface area (Å²) in [5.41, 5.74) is 2.84. The number of fused-ring (bicyclic) bond motifs is 2. The summed E-state index contributed by atoms with van der Waals surface area (Å²) in [6.07, 6.45) is 5.40. The van der Waals surface area contributed by atoms with Crippen LogP contribution in [0.1, 0.15) is 31.1 Å². The molecule has 0 fully saturated rings. The van der Waals surface area contributed by atoms with E-state index in [9.17, 15) is 23.9 Å². The Morgan fingerprint density at radius 2 is 1.42 bits per heavy atom. The van der Waals surface area contributed by atoms with E-state index in [-0.39, 0.29) is 22.7 Å². The minimum Gasteiger partial charge on any atom is -0.478 e. The molecule has 5 rings (SSSR count). The van der Waals surface area contributed by atoms with Crippen molar-refractivity contribution >= 4 is 28.9 Å². The zero-order chi connectivity index (χ0) is 25.8. The number of hydrogen-bond acceptors (Lipinski definition) is 5. The van der Waals surface area contributed by atoms with E-state index in [2.05, 4.69) is 4.74 Å². The molecule has 5 aromatic rings. The zero-order valence-electron chi connectivity index (χ0n) is 19.3. The van der Waals surface area contributed by atoms with Crippen molar-refractivity contribution in [2.24, 2.45) is 0 Å². The van der Waals surface area contributed by atoms with Gasteiger partial charge in [0, 0.05) is 24.2 Å². The molecule has 4 aromatic heterocycles. The Balaban J connectivity index is 0.000000197. The molecule has 0 saturated heterocycles. The van der Waals surface area contributed by atoms with Crippen LogP contribution in [0.15, 0.2) is 85.3 Å². The van der Waals surface area contributed by atoms with Crippen LogP contribution < -0.4 is 0 Å². The number of ether oxygens (including phenoxy) is 2. The van der Waals surface area contributed by atoms with Crippen LogP contribution in [-0.4, -0.2) is 46.0 Å². The van der Waals surface area contributed by atoms with Crippen molar-refractivity contribution in [3.05, 3.63) is 108 Å². The predicted molar refractivity (Wildman–Crippen MR) is 130 cm³/mol. The molecule has 0 bridgehead atoms. The van der Waals surface area contributed by atoms with Crippen molar-refractivity contribution < 1.29 is 33.4 Å². The SMILES string of the molecule is COC(=O)c1cc(-c2cc(F)ccc2C(=O)O)n2ccccc12.COC(=O)c1ccn2ccccc12. The van der Waals surface area contributed by atoms with Gasteiger partial charge in [0.1, 0.15) is 5.82 Å². The maximum absolute atomic E-state index is 13.6. The van der Waals surface area contributed by atoms with Crippen molar-refractivity contribution in [3.63, 3.8) is 0 Å². The highest BCUT2D eigenvalue weighted by atomic mass is 19.1. The predicted octanol–water partition coefficient (Wildman–Crippen LogP) is 4.96. The highest BCUT2D eigenvalue weighted by Crippen LogP contribution is 2.30. The van der Waals surface area contributed by atoms with Crippen molar-refractivity contribution in [3.8, 4) is 11.3 Å². The van der Waals surface area contributed by atoms with Crippen LogP contribution >= 0.6 is 0 Å². The van der Waals surface area contributed by atoms with Crippen LogP contribution in [0.4, 0.5) is 4.39 Å². The van der Waals surface area contributed by atoms with E-state index < -0.39 is 17.8 Å². The second-order valence-corrected chi connectivity index (χ2v) is 7.60. The zero-order valence-corrected chi connectivity index (χ0v) is 19.3. The lowest BCUT2D eigenvalue weighted by atomic mass is 10.0. The fraction of sp³-hybridized carbons (Fsp3) is 0.0741. The number of hydrogen-bond donors (Lipinski definition) is 1. The number of esters is 2. The Bertz CT molecular complexity index is 1600. The number of aromatic nitrogens is 2. The van der Waals surface area contributed by atoms with E-state index >= 15 is 0 Å². The summed E-state index contributed by atoms with van der Waals surface area (Å²) in [7, 11) is 2.65. The number of aromatic carboxylic acids is 1. The molecule has 0 spiro atoms. The van der Waals surface area contributed by atoms with Gasteiger partial charge in [0.25, 0.3) is 0 Å². The van der Waals surface area contributed by atoms with Crippen LogP contribution in [-0.2, 0) is 9.47 Å². The summed E-state index contributed by atoms with van der Waals surface area (Å²) in [6, 6.07) is 17.5. The van der Waals surface area contributed by atoms with Crippen LogP contribution in [0.25, 0.3) is 22.3 Å². The van der Waals surface area contributed by atoms with Gasteiger partial charge in [-0.25, -0.2) is 18.8 Å². The van der Waals surface area contributed by atoms with Gasteiger partial charge in [-0.1, -0.05) is 12.1 Å². The molecule has 0 aliphatic heterocycles. The molecule has 4 heterocycles. The first-order valence-corrected chi connectivity index (χ1v) is 10.7. The maximum Gasteiger partial charge on any atom is 0.340 e. The summed E-state index contributed by atoms with van der Waals surface area (Å²) < 4.78 is 26.6. The Morgan fingerprint density at radius 3 is 2.11 bits per heavy atom. The highest BCUT2D eigenvalue weighted by Gasteiger charge is 2.20. The lowest BCUT2D eigenvalue weighted by molar-refractivity contribution is 0.0594. The highest BCUT2D eigenvalue weighted by molar-refractivity contribution is 6.02. The summed E-state index contributed by atoms with van der Waals surface area (Å²) in [5.74, 6) is -2.58. The van der Waals surface area contributed by atoms with Gasteiger partial charge < -0.3 is 23.4 Å². The van der Waals surface area contributed by atoms with E-state index in [1.165, 1.54) is 26.4 Å². The molecule has 0 aliphatic rings. The lowest BCUT2D eigenvalue weighted by Gasteiger charge is -2.07. The Kier molecular flexibility index (Phi) is 6.82. The third-order valence-electron chi connectivity index (χ3n) is 5.54. The van der Waals surface area contributed by atoms with Gasteiger partial charge in [-0.3, -0.25) is 0 Å².